The zero-order chi connectivity index (χ0) is 15.4. The summed E-state index contributed by atoms with van der Waals surface area (Å²) in [4.78, 5) is 14.6. The van der Waals surface area contributed by atoms with E-state index in [2.05, 4.69) is 0 Å². The molecule has 1 heterocycles. The van der Waals surface area contributed by atoms with Gasteiger partial charge in [-0.1, -0.05) is 30.3 Å². The largest absolute Gasteiger partial charge is 0.457 e. The van der Waals surface area contributed by atoms with Crippen LogP contribution in [0.2, 0.25) is 0 Å². The molecule has 0 radical (unpaired) electrons. The first-order valence-electron chi connectivity index (χ1n) is 7.47. The van der Waals surface area contributed by atoms with E-state index >= 15 is 0 Å². The van der Waals surface area contributed by atoms with Crippen molar-refractivity contribution >= 4 is 5.91 Å². The van der Waals surface area contributed by atoms with Crippen LogP contribution in [-0.2, 0) is 4.74 Å². The number of rotatable bonds is 3. The Morgan fingerprint density at radius 3 is 2.64 bits per heavy atom. The maximum atomic E-state index is 12.7. The van der Waals surface area contributed by atoms with Gasteiger partial charge in [-0.15, -0.1) is 0 Å². The third-order valence-electron chi connectivity index (χ3n) is 3.62. The summed E-state index contributed by atoms with van der Waals surface area (Å²) < 4.78 is 11.4. The molecule has 1 fully saturated rings. The van der Waals surface area contributed by atoms with Gasteiger partial charge < -0.3 is 14.4 Å². The van der Waals surface area contributed by atoms with Gasteiger partial charge in [0, 0.05) is 13.1 Å². The minimum atomic E-state index is -0.0123. The highest BCUT2D eigenvalue weighted by atomic mass is 16.5. The van der Waals surface area contributed by atoms with Crippen molar-refractivity contribution in [1.29, 1.82) is 0 Å². The van der Waals surface area contributed by atoms with Crippen LogP contribution in [-0.4, -0.2) is 36.6 Å². The number of carbonyl (C=O) groups is 1. The molecular formula is C18H19NO3. The van der Waals surface area contributed by atoms with Gasteiger partial charge in [0.1, 0.15) is 11.5 Å². The van der Waals surface area contributed by atoms with Gasteiger partial charge in [-0.3, -0.25) is 4.79 Å². The molecule has 3 rings (SSSR count). The molecule has 0 saturated carbocycles. The zero-order valence-electron chi connectivity index (χ0n) is 12.6. The van der Waals surface area contributed by atoms with Crippen molar-refractivity contribution in [3.05, 3.63) is 60.2 Å². The number of morpholine rings is 1. The van der Waals surface area contributed by atoms with Crippen molar-refractivity contribution in [2.75, 3.05) is 19.7 Å². The van der Waals surface area contributed by atoms with Gasteiger partial charge in [-0.2, -0.15) is 0 Å². The number of ether oxygens (including phenoxy) is 2. The standard InChI is InChI=1S/C18H19NO3/c1-14-13-19(11-12-21-14)18(20)16-9-5-6-10-17(16)22-15-7-3-2-4-8-15/h2-10,14H,11-13H2,1H3. The summed E-state index contributed by atoms with van der Waals surface area (Å²) in [5.41, 5.74) is 0.584. The molecule has 0 aromatic heterocycles. The molecular weight excluding hydrogens is 278 g/mol. The smallest absolute Gasteiger partial charge is 0.257 e. The molecule has 4 nitrogen and oxygen atoms in total. The average Bonchev–Trinajstić information content (AvgIpc) is 2.56. The van der Waals surface area contributed by atoms with E-state index in [1.165, 1.54) is 0 Å². The van der Waals surface area contributed by atoms with Crippen LogP contribution in [0.1, 0.15) is 17.3 Å². The zero-order valence-corrected chi connectivity index (χ0v) is 12.6. The van der Waals surface area contributed by atoms with E-state index in [9.17, 15) is 4.79 Å². The molecule has 0 spiro atoms. The lowest BCUT2D eigenvalue weighted by Gasteiger charge is -2.31. The summed E-state index contributed by atoms with van der Waals surface area (Å²) in [7, 11) is 0. The molecule has 0 bridgehead atoms. The van der Waals surface area contributed by atoms with Crippen LogP contribution < -0.4 is 4.74 Å². The summed E-state index contributed by atoms with van der Waals surface area (Å²) in [6.07, 6.45) is 0.0694. The Morgan fingerprint density at radius 1 is 1.14 bits per heavy atom. The Morgan fingerprint density at radius 2 is 1.86 bits per heavy atom. The molecule has 1 unspecified atom stereocenters. The molecule has 22 heavy (non-hydrogen) atoms. The van der Waals surface area contributed by atoms with E-state index in [1.54, 1.807) is 6.07 Å². The fourth-order valence-electron chi connectivity index (χ4n) is 2.52. The molecule has 0 aliphatic carbocycles. The lowest BCUT2D eigenvalue weighted by molar-refractivity contribution is -0.0125. The number of amides is 1. The van der Waals surface area contributed by atoms with Crippen molar-refractivity contribution in [3.8, 4) is 11.5 Å². The van der Waals surface area contributed by atoms with Crippen LogP contribution in [0, 0.1) is 0 Å². The Balaban J connectivity index is 1.83. The second-order valence-corrected chi connectivity index (χ2v) is 5.34. The number of para-hydroxylation sites is 2. The van der Waals surface area contributed by atoms with Gasteiger partial charge in [0.2, 0.25) is 0 Å². The van der Waals surface area contributed by atoms with E-state index in [1.807, 2.05) is 60.4 Å². The molecule has 1 aliphatic heterocycles. The molecule has 1 amide bonds. The van der Waals surface area contributed by atoms with Gasteiger partial charge in [-0.05, 0) is 31.2 Å². The number of benzene rings is 2. The number of hydrogen-bond donors (Lipinski definition) is 0. The molecule has 1 atom stereocenters. The number of carbonyl (C=O) groups excluding carboxylic acids is 1. The second-order valence-electron chi connectivity index (χ2n) is 5.34. The predicted molar refractivity (Wildman–Crippen MR) is 84.3 cm³/mol. The van der Waals surface area contributed by atoms with Gasteiger partial charge in [0.05, 0.1) is 18.3 Å². The SMILES string of the molecule is CC1CN(C(=O)c2ccccc2Oc2ccccc2)CCO1. The van der Waals surface area contributed by atoms with Crippen LogP contribution >= 0.6 is 0 Å². The Bertz CT molecular complexity index is 642. The summed E-state index contributed by atoms with van der Waals surface area (Å²) in [6.45, 7) is 3.78. The average molecular weight is 297 g/mol. The first kappa shape index (κ1) is 14.6. The molecule has 1 saturated heterocycles. The first-order chi connectivity index (χ1) is 10.7. The molecule has 1 aliphatic rings. The Hall–Kier alpha value is -2.33. The van der Waals surface area contributed by atoms with Crippen LogP contribution in [0.4, 0.5) is 0 Å². The second kappa shape index (κ2) is 6.62. The molecule has 114 valence electrons. The molecule has 0 N–H and O–H groups in total. The van der Waals surface area contributed by atoms with Crippen molar-refractivity contribution < 1.29 is 14.3 Å². The highest BCUT2D eigenvalue weighted by molar-refractivity contribution is 5.97. The third-order valence-corrected chi connectivity index (χ3v) is 3.62. The van der Waals surface area contributed by atoms with Gasteiger partial charge >= 0.3 is 0 Å². The van der Waals surface area contributed by atoms with Crippen molar-refractivity contribution in [1.82, 2.24) is 4.90 Å². The van der Waals surface area contributed by atoms with Crippen molar-refractivity contribution in [2.24, 2.45) is 0 Å². The van der Waals surface area contributed by atoms with Crippen LogP contribution in [0.5, 0.6) is 11.5 Å². The highest BCUT2D eigenvalue weighted by Gasteiger charge is 2.24. The third kappa shape index (κ3) is 3.28. The number of hydrogen-bond acceptors (Lipinski definition) is 3. The minimum absolute atomic E-state index is 0.0123. The van der Waals surface area contributed by atoms with E-state index in [4.69, 9.17) is 9.47 Å². The first-order valence-corrected chi connectivity index (χ1v) is 7.47. The normalized spacial score (nSPS) is 18.0. The monoisotopic (exact) mass is 297 g/mol. The summed E-state index contributed by atoms with van der Waals surface area (Å²) in [5, 5.41) is 0. The van der Waals surface area contributed by atoms with E-state index < -0.39 is 0 Å². The number of nitrogens with zero attached hydrogens (tertiary/aromatic N) is 1. The van der Waals surface area contributed by atoms with Gasteiger partial charge in [-0.25, -0.2) is 0 Å². The van der Waals surface area contributed by atoms with Crippen LogP contribution in [0.3, 0.4) is 0 Å². The lowest BCUT2D eigenvalue weighted by atomic mass is 10.1. The van der Waals surface area contributed by atoms with Crippen LogP contribution in [0.15, 0.2) is 54.6 Å². The van der Waals surface area contributed by atoms with E-state index in [-0.39, 0.29) is 12.0 Å². The Labute approximate surface area is 130 Å². The molecule has 2 aromatic carbocycles. The maximum Gasteiger partial charge on any atom is 0.257 e. The predicted octanol–water partition coefficient (Wildman–Crippen LogP) is 3.34. The van der Waals surface area contributed by atoms with E-state index in [0.29, 0.717) is 31.0 Å². The quantitative estimate of drug-likeness (QED) is 0.872. The van der Waals surface area contributed by atoms with E-state index in [0.717, 1.165) is 5.75 Å². The topological polar surface area (TPSA) is 38.8 Å². The van der Waals surface area contributed by atoms with Gasteiger partial charge in [0.25, 0.3) is 5.91 Å². The summed E-state index contributed by atoms with van der Waals surface area (Å²) in [5.74, 6) is 1.29. The van der Waals surface area contributed by atoms with Crippen molar-refractivity contribution in [3.63, 3.8) is 0 Å². The lowest BCUT2D eigenvalue weighted by Crippen LogP contribution is -2.44. The Kier molecular flexibility index (Phi) is 4.39. The highest BCUT2D eigenvalue weighted by Crippen LogP contribution is 2.26. The van der Waals surface area contributed by atoms with Crippen molar-refractivity contribution in [2.45, 2.75) is 13.0 Å². The fraction of sp³-hybridized carbons (Fsp3) is 0.278. The maximum absolute atomic E-state index is 12.7. The molecule has 2 aromatic rings. The fourth-order valence-corrected chi connectivity index (χ4v) is 2.52. The van der Waals surface area contributed by atoms with Gasteiger partial charge in [0.15, 0.2) is 0 Å². The van der Waals surface area contributed by atoms with Crippen LogP contribution in [0.25, 0.3) is 0 Å². The molecule has 4 heteroatoms. The minimum Gasteiger partial charge on any atom is -0.457 e. The summed E-state index contributed by atoms with van der Waals surface area (Å²) in [6, 6.07) is 16.8. The summed E-state index contributed by atoms with van der Waals surface area (Å²) >= 11 is 0.